The van der Waals surface area contributed by atoms with Crippen molar-refractivity contribution in [3.05, 3.63) is 53.1 Å². The van der Waals surface area contributed by atoms with Crippen LogP contribution < -0.4 is 19.5 Å². The molecule has 2 aromatic carbocycles. The Kier molecular flexibility index (Phi) is 10.6. The fourth-order valence-corrected chi connectivity index (χ4v) is 2.84. The molecular formula is C24H28ClNO5. The Labute approximate surface area is 188 Å². The third-order valence-electron chi connectivity index (χ3n) is 4.28. The van der Waals surface area contributed by atoms with Gasteiger partial charge in [-0.15, -0.1) is 6.42 Å². The average Bonchev–Trinajstić information content (AvgIpc) is 2.79. The summed E-state index contributed by atoms with van der Waals surface area (Å²) in [5.74, 6) is 4.01. The zero-order chi connectivity index (χ0) is 22.5. The Morgan fingerprint density at radius 2 is 1.94 bits per heavy atom. The summed E-state index contributed by atoms with van der Waals surface area (Å²) in [4.78, 5) is 12.6. The van der Waals surface area contributed by atoms with Crippen LogP contribution in [0, 0.1) is 12.3 Å². The number of hydrogen-bond acceptors (Lipinski definition) is 5. The van der Waals surface area contributed by atoms with Gasteiger partial charge in [0.2, 0.25) is 0 Å². The summed E-state index contributed by atoms with van der Waals surface area (Å²) in [5.41, 5.74) is 0.994. The molecule has 166 valence electrons. The molecule has 7 heteroatoms. The highest BCUT2D eigenvalue weighted by atomic mass is 35.5. The van der Waals surface area contributed by atoms with Gasteiger partial charge in [-0.3, -0.25) is 4.79 Å². The molecule has 0 saturated heterocycles. The highest BCUT2D eigenvalue weighted by Crippen LogP contribution is 2.28. The lowest BCUT2D eigenvalue weighted by atomic mass is 10.1. The minimum absolute atomic E-state index is 0.114. The molecule has 31 heavy (non-hydrogen) atoms. The summed E-state index contributed by atoms with van der Waals surface area (Å²) in [5, 5.41) is 3.53. The lowest BCUT2D eigenvalue weighted by Crippen LogP contribution is -2.41. The van der Waals surface area contributed by atoms with Crippen LogP contribution in [0.4, 0.5) is 0 Å². The number of carbonyl (C=O) groups excluding carboxylic acids is 1. The molecule has 0 radical (unpaired) electrons. The largest absolute Gasteiger partial charge is 0.493 e. The molecule has 1 N–H and O–H groups in total. The number of rotatable bonds is 13. The van der Waals surface area contributed by atoms with Crippen molar-refractivity contribution in [1.29, 1.82) is 0 Å². The van der Waals surface area contributed by atoms with Crippen molar-refractivity contribution >= 4 is 17.5 Å². The lowest BCUT2D eigenvalue weighted by molar-refractivity contribution is -0.134. The van der Waals surface area contributed by atoms with Gasteiger partial charge < -0.3 is 24.3 Å². The number of terminal acetylenes is 1. The number of amides is 1. The second kappa shape index (κ2) is 13.4. The molecule has 0 heterocycles. The molecule has 6 nitrogen and oxygen atoms in total. The topological polar surface area (TPSA) is 66.0 Å². The van der Waals surface area contributed by atoms with Gasteiger partial charge in [0, 0.05) is 18.2 Å². The minimum atomic E-state index is -0.704. The second-order valence-electron chi connectivity index (χ2n) is 6.64. The lowest BCUT2D eigenvalue weighted by Gasteiger charge is -2.18. The summed E-state index contributed by atoms with van der Waals surface area (Å²) in [7, 11) is 1.57. The van der Waals surface area contributed by atoms with Gasteiger partial charge in [0.1, 0.15) is 19.0 Å². The first-order valence-corrected chi connectivity index (χ1v) is 10.5. The highest BCUT2D eigenvalue weighted by Gasteiger charge is 2.20. The zero-order valence-electron chi connectivity index (χ0n) is 17.9. The summed E-state index contributed by atoms with van der Waals surface area (Å²) < 4.78 is 22.2. The van der Waals surface area contributed by atoms with Crippen LogP contribution in [0.25, 0.3) is 0 Å². The van der Waals surface area contributed by atoms with E-state index in [0.717, 1.165) is 12.0 Å². The molecule has 0 aliphatic heterocycles. The van der Waals surface area contributed by atoms with Crippen LogP contribution >= 0.6 is 11.6 Å². The number of halogens is 1. The Morgan fingerprint density at radius 3 is 2.61 bits per heavy atom. The molecule has 2 aromatic rings. The van der Waals surface area contributed by atoms with Crippen LogP contribution in [0.5, 0.6) is 17.2 Å². The van der Waals surface area contributed by atoms with Gasteiger partial charge >= 0.3 is 0 Å². The number of carbonyl (C=O) groups is 1. The standard InChI is InChI=1S/C24H28ClNO5/c1-4-14-29-21-11-6-18(16-22(21)28-3)12-13-26-24(27)23(30-15-5-2)17-31-20-9-7-19(25)8-10-20/h1,6-11,16,23H,5,12-15,17H2,2-3H3,(H,26,27). The van der Waals surface area contributed by atoms with Crippen molar-refractivity contribution in [2.45, 2.75) is 25.9 Å². The maximum atomic E-state index is 12.6. The normalized spacial score (nSPS) is 11.3. The Morgan fingerprint density at radius 1 is 1.16 bits per heavy atom. The molecule has 0 spiro atoms. The smallest absolute Gasteiger partial charge is 0.252 e. The van der Waals surface area contributed by atoms with Gasteiger partial charge in [-0.25, -0.2) is 0 Å². The van der Waals surface area contributed by atoms with Gasteiger partial charge in [-0.2, -0.15) is 0 Å². The quantitative estimate of drug-likeness (QED) is 0.474. The van der Waals surface area contributed by atoms with E-state index in [1.54, 1.807) is 37.4 Å². The number of ether oxygens (including phenoxy) is 4. The van der Waals surface area contributed by atoms with E-state index in [2.05, 4.69) is 11.2 Å². The van der Waals surface area contributed by atoms with Crippen molar-refractivity contribution in [2.75, 3.05) is 33.5 Å². The van der Waals surface area contributed by atoms with Gasteiger partial charge in [0.25, 0.3) is 5.91 Å². The first kappa shape index (κ1) is 24.4. The predicted molar refractivity (Wildman–Crippen MR) is 121 cm³/mol. The monoisotopic (exact) mass is 445 g/mol. The fraction of sp³-hybridized carbons (Fsp3) is 0.375. The van der Waals surface area contributed by atoms with E-state index in [1.165, 1.54) is 0 Å². The summed E-state index contributed by atoms with van der Waals surface area (Å²) >= 11 is 5.88. The van der Waals surface area contributed by atoms with Gasteiger partial charge in [0.05, 0.1) is 7.11 Å². The van der Waals surface area contributed by atoms with E-state index in [0.29, 0.717) is 41.8 Å². The maximum absolute atomic E-state index is 12.6. The van der Waals surface area contributed by atoms with Crippen LogP contribution in [-0.4, -0.2) is 45.5 Å². The SMILES string of the molecule is C#CCOc1ccc(CCNC(=O)C(COc2ccc(Cl)cc2)OCCC)cc1OC. The van der Waals surface area contributed by atoms with E-state index < -0.39 is 6.10 Å². The number of hydrogen-bond donors (Lipinski definition) is 1. The highest BCUT2D eigenvalue weighted by molar-refractivity contribution is 6.30. The fourth-order valence-electron chi connectivity index (χ4n) is 2.71. The molecule has 0 aromatic heterocycles. The number of benzene rings is 2. The summed E-state index contributed by atoms with van der Waals surface area (Å²) in [6.45, 7) is 3.18. The zero-order valence-corrected chi connectivity index (χ0v) is 18.6. The van der Waals surface area contributed by atoms with Crippen molar-refractivity contribution in [3.8, 4) is 29.6 Å². The summed E-state index contributed by atoms with van der Waals surface area (Å²) in [6, 6.07) is 12.6. The van der Waals surface area contributed by atoms with Crippen LogP contribution in [0.1, 0.15) is 18.9 Å². The Bertz CT molecular complexity index is 863. The van der Waals surface area contributed by atoms with Gasteiger partial charge in [0.15, 0.2) is 17.6 Å². The third-order valence-corrected chi connectivity index (χ3v) is 4.53. The molecule has 0 bridgehead atoms. The molecular weight excluding hydrogens is 418 g/mol. The Balaban J connectivity index is 1.88. The molecule has 0 aliphatic rings. The third kappa shape index (κ3) is 8.41. The minimum Gasteiger partial charge on any atom is -0.493 e. The maximum Gasteiger partial charge on any atom is 0.252 e. The molecule has 1 amide bonds. The molecule has 2 rings (SSSR count). The Hall–Kier alpha value is -2.88. The molecule has 1 atom stereocenters. The van der Waals surface area contributed by atoms with Crippen molar-refractivity contribution < 1.29 is 23.7 Å². The average molecular weight is 446 g/mol. The van der Waals surface area contributed by atoms with Crippen molar-refractivity contribution in [1.82, 2.24) is 5.32 Å². The van der Waals surface area contributed by atoms with Crippen molar-refractivity contribution in [3.63, 3.8) is 0 Å². The summed E-state index contributed by atoms with van der Waals surface area (Å²) in [6.07, 6.45) is 5.95. The van der Waals surface area contributed by atoms with E-state index in [1.807, 2.05) is 19.1 Å². The van der Waals surface area contributed by atoms with Crippen LogP contribution in [0.2, 0.25) is 5.02 Å². The first-order chi connectivity index (χ1) is 15.1. The van der Waals surface area contributed by atoms with Crippen LogP contribution in [0.3, 0.4) is 0 Å². The van der Waals surface area contributed by atoms with Gasteiger partial charge in [-0.1, -0.05) is 30.5 Å². The number of nitrogens with one attached hydrogen (secondary N) is 1. The molecule has 0 fully saturated rings. The molecule has 0 aliphatic carbocycles. The number of methoxy groups -OCH3 is 1. The van der Waals surface area contributed by atoms with Crippen LogP contribution in [0.15, 0.2) is 42.5 Å². The van der Waals surface area contributed by atoms with E-state index in [4.69, 9.17) is 37.0 Å². The predicted octanol–water partition coefficient (Wildman–Crippen LogP) is 3.89. The van der Waals surface area contributed by atoms with E-state index in [9.17, 15) is 4.79 Å². The van der Waals surface area contributed by atoms with E-state index >= 15 is 0 Å². The van der Waals surface area contributed by atoms with Crippen molar-refractivity contribution in [2.24, 2.45) is 0 Å². The van der Waals surface area contributed by atoms with Crippen LogP contribution in [-0.2, 0) is 16.0 Å². The molecule has 0 saturated carbocycles. The second-order valence-corrected chi connectivity index (χ2v) is 7.08. The molecule has 1 unspecified atom stereocenters. The first-order valence-electron chi connectivity index (χ1n) is 10.1. The van der Waals surface area contributed by atoms with E-state index in [-0.39, 0.29) is 19.1 Å². The van der Waals surface area contributed by atoms with Gasteiger partial charge in [-0.05, 0) is 54.8 Å².